The topological polar surface area (TPSA) is 60.7 Å². The third kappa shape index (κ3) is 10.3. The van der Waals surface area contributed by atoms with Crippen molar-refractivity contribution in [3.8, 4) is 0 Å². The summed E-state index contributed by atoms with van der Waals surface area (Å²) in [4.78, 5) is 0. The first kappa shape index (κ1) is 17.1. The van der Waals surface area contributed by atoms with Crippen LogP contribution >= 0.6 is 0 Å². The van der Waals surface area contributed by atoms with Crippen molar-refractivity contribution in [3.05, 3.63) is 35.9 Å². The minimum absolute atomic E-state index is 0.113. The molecular weight excluding hydrogens is 228 g/mol. The fourth-order valence-electron chi connectivity index (χ4n) is 1.55. The summed E-state index contributed by atoms with van der Waals surface area (Å²) in [5.74, 6) is 0.470. The molecule has 1 aromatic rings. The van der Waals surface area contributed by atoms with Crippen molar-refractivity contribution in [2.45, 2.75) is 39.2 Å². The SMILES string of the molecule is CC(C)CC(O)CO.OCCCc1ccccc1. The molecule has 0 aliphatic carbocycles. The van der Waals surface area contributed by atoms with Crippen LogP contribution in [0.25, 0.3) is 0 Å². The Morgan fingerprint density at radius 3 is 2.06 bits per heavy atom. The monoisotopic (exact) mass is 254 g/mol. The lowest BCUT2D eigenvalue weighted by Gasteiger charge is -2.08. The summed E-state index contributed by atoms with van der Waals surface area (Å²) >= 11 is 0. The predicted molar refractivity (Wildman–Crippen MR) is 74.4 cm³/mol. The maximum Gasteiger partial charge on any atom is 0.0773 e. The average Bonchev–Trinajstić information content (AvgIpc) is 2.37. The van der Waals surface area contributed by atoms with Gasteiger partial charge in [0.05, 0.1) is 12.7 Å². The van der Waals surface area contributed by atoms with Gasteiger partial charge in [0.2, 0.25) is 0 Å². The molecule has 1 rings (SSSR count). The van der Waals surface area contributed by atoms with Gasteiger partial charge in [0.1, 0.15) is 0 Å². The van der Waals surface area contributed by atoms with Gasteiger partial charge in [-0.2, -0.15) is 0 Å². The average molecular weight is 254 g/mol. The molecule has 0 saturated heterocycles. The van der Waals surface area contributed by atoms with Crippen LogP contribution in [0.4, 0.5) is 0 Å². The Morgan fingerprint density at radius 1 is 1.06 bits per heavy atom. The zero-order valence-electron chi connectivity index (χ0n) is 11.4. The quantitative estimate of drug-likeness (QED) is 0.727. The van der Waals surface area contributed by atoms with E-state index in [2.05, 4.69) is 12.1 Å². The fraction of sp³-hybridized carbons (Fsp3) is 0.600. The van der Waals surface area contributed by atoms with Crippen molar-refractivity contribution in [2.24, 2.45) is 5.92 Å². The van der Waals surface area contributed by atoms with Gasteiger partial charge in [0.25, 0.3) is 0 Å². The molecule has 104 valence electrons. The van der Waals surface area contributed by atoms with Gasteiger partial charge >= 0.3 is 0 Å². The van der Waals surface area contributed by atoms with Crippen molar-refractivity contribution in [1.82, 2.24) is 0 Å². The number of aliphatic hydroxyl groups is 3. The van der Waals surface area contributed by atoms with Gasteiger partial charge in [0, 0.05) is 6.61 Å². The van der Waals surface area contributed by atoms with E-state index in [0.717, 1.165) is 12.8 Å². The van der Waals surface area contributed by atoms with Gasteiger partial charge in [-0.1, -0.05) is 44.2 Å². The van der Waals surface area contributed by atoms with Crippen LogP contribution in [0.1, 0.15) is 32.3 Å². The van der Waals surface area contributed by atoms with Crippen LogP contribution < -0.4 is 0 Å². The molecule has 0 aromatic heterocycles. The van der Waals surface area contributed by atoms with E-state index in [1.54, 1.807) is 0 Å². The predicted octanol–water partition coefficient (Wildman–Crippen LogP) is 2.00. The van der Waals surface area contributed by atoms with Crippen LogP contribution in [0.15, 0.2) is 30.3 Å². The number of benzene rings is 1. The lowest BCUT2D eigenvalue weighted by atomic mass is 10.1. The maximum atomic E-state index is 8.78. The Balaban J connectivity index is 0.000000331. The van der Waals surface area contributed by atoms with E-state index in [1.165, 1.54) is 5.56 Å². The summed E-state index contributed by atoms with van der Waals surface area (Å²) in [6.07, 6.45) is 2.02. The van der Waals surface area contributed by atoms with Crippen LogP contribution in [-0.4, -0.2) is 34.6 Å². The van der Waals surface area contributed by atoms with Crippen LogP contribution in [0.5, 0.6) is 0 Å². The largest absolute Gasteiger partial charge is 0.396 e. The number of hydrogen-bond donors (Lipinski definition) is 3. The molecule has 0 bridgehead atoms. The highest BCUT2D eigenvalue weighted by molar-refractivity contribution is 5.14. The summed E-state index contributed by atoms with van der Waals surface area (Å²) < 4.78 is 0. The van der Waals surface area contributed by atoms with E-state index >= 15 is 0 Å². The number of aryl methyl sites for hydroxylation is 1. The molecule has 0 aliphatic rings. The minimum Gasteiger partial charge on any atom is -0.396 e. The molecule has 3 N–H and O–H groups in total. The molecule has 0 amide bonds. The molecule has 0 aliphatic heterocycles. The van der Waals surface area contributed by atoms with Crippen molar-refractivity contribution < 1.29 is 15.3 Å². The third-order valence-corrected chi connectivity index (χ3v) is 2.42. The Kier molecular flexibility index (Phi) is 10.6. The molecule has 0 spiro atoms. The van der Waals surface area contributed by atoms with E-state index in [1.807, 2.05) is 32.0 Å². The summed E-state index contributed by atoms with van der Waals surface area (Å²) in [7, 11) is 0. The Bertz CT molecular complexity index is 272. The zero-order chi connectivity index (χ0) is 13.8. The zero-order valence-corrected chi connectivity index (χ0v) is 11.4. The van der Waals surface area contributed by atoms with Crippen molar-refractivity contribution >= 4 is 0 Å². The standard InChI is InChI=1S/C9H12O.C6H14O2/c10-8-4-7-9-5-2-1-3-6-9;1-5(2)3-6(8)4-7/h1-3,5-6,10H,4,7-8H2;5-8H,3-4H2,1-2H3. The van der Waals surface area contributed by atoms with Gasteiger partial charge < -0.3 is 15.3 Å². The summed E-state index contributed by atoms with van der Waals surface area (Å²) in [6.45, 7) is 4.20. The fourth-order valence-corrected chi connectivity index (χ4v) is 1.55. The first-order valence-corrected chi connectivity index (χ1v) is 6.53. The second-order valence-corrected chi connectivity index (χ2v) is 4.78. The number of hydrogen-bond acceptors (Lipinski definition) is 3. The molecule has 3 nitrogen and oxygen atoms in total. The Labute approximate surface area is 110 Å². The van der Waals surface area contributed by atoms with E-state index in [9.17, 15) is 0 Å². The molecule has 0 saturated carbocycles. The lowest BCUT2D eigenvalue weighted by Crippen LogP contribution is -2.14. The minimum atomic E-state index is -0.519. The molecular formula is C15H26O3. The van der Waals surface area contributed by atoms with Gasteiger partial charge in [-0.05, 0) is 30.7 Å². The second kappa shape index (κ2) is 11.2. The summed E-state index contributed by atoms with van der Waals surface area (Å²) in [6, 6.07) is 10.2. The van der Waals surface area contributed by atoms with Crippen molar-refractivity contribution in [1.29, 1.82) is 0 Å². The van der Waals surface area contributed by atoms with Gasteiger partial charge in [-0.3, -0.25) is 0 Å². The van der Waals surface area contributed by atoms with E-state index in [-0.39, 0.29) is 13.2 Å². The van der Waals surface area contributed by atoms with E-state index in [4.69, 9.17) is 15.3 Å². The molecule has 18 heavy (non-hydrogen) atoms. The van der Waals surface area contributed by atoms with E-state index < -0.39 is 6.10 Å². The first-order chi connectivity index (χ1) is 8.60. The van der Waals surface area contributed by atoms with Gasteiger partial charge in [-0.25, -0.2) is 0 Å². The lowest BCUT2D eigenvalue weighted by molar-refractivity contribution is 0.0782. The maximum absolute atomic E-state index is 8.78. The van der Waals surface area contributed by atoms with Crippen LogP contribution in [0.2, 0.25) is 0 Å². The number of rotatable bonds is 6. The molecule has 3 heteroatoms. The van der Waals surface area contributed by atoms with Gasteiger partial charge in [0.15, 0.2) is 0 Å². The summed E-state index contributed by atoms with van der Waals surface area (Å²) in [5, 5.41) is 25.6. The highest BCUT2D eigenvalue weighted by atomic mass is 16.3. The molecule has 1 aromatic carbocycles. The van der Waals surface area contributed by atoms with Gasteiger partial charge in [-0.15, -0.1) is 0 Å². The number of aliphatic hydroxyl groups excluding tert-OH is 3. The molecule has 0 heterocycles. The Morgan fingerprint density at radius 2 is 1.67 bits per heavy atom. The smallest absolute Gasteiger partial charge is 0.0773 e. The highest BCUT2D eigenvalue weighted by Gasteiger charge is 2.02. The van der Waals surface area contributed by atoms with Crippen molar-refractivity contribution in [3.63, 3.8) is 0 Å². The molecule has 0 radical (unpaired) electrons. The first-order valence-electron chi connectivity index (χ1n) is 6.53. The summed E-state index contributed by atoms with van der Waals surface area (Å²) in [5.41, 5.74) is 1.30. The van der Waals surface area contributed by atoms with Crippen molar-refractivity contribution in [2.75, 3.05) is 13.2 Å². The van der Waals surface area contributed by atoms with Crippen LogP contribution in [0.3, 0.4) is 0 Å². The second-order valence-electron chi connectivity index (χ2n) is 4.78. The van der Waals surface area contributed by atoms with Crippen LogP contribution in [0, 0.1) is 5.92 Å². The molecule has 1 atom stereocenters. The highest BCUT2D eigenvalue weighted by Crippen LogP contribution is 2.02. The third-order valence-electron chi connectivity index (χ3n) is 2.42. The normalized spacial score (nSPS) is 11.9. The molecule has 1 unspecified atom stereocenters. The Hall–Kier alpha value is -0.900. The molecule has 0 fully saturated rings. The van der Waals surface area contributed by atoms with E-state index in [0.29, 0.717) is 12.3 Å². The van der Waals surface area contributed by atoms with Crippen LogP contribution in [-0.2, 0) is 6.42 Å².